The topological polar surface area (TPSA) is 85.8 Å². The van der Waals surface area contributed by atoms with Crippen LogP contribution in [-0.2, 0) is 4.79 Å². The molecule has 0 amide bonds. The number of aliphatic hydroxyl groups is 1. The average Bonchev–Trinajstić information content (AvgIpc) is 2.39. The van der Waals surface area contributed by atoms with Gasteiger partial charge in [-0.3, -0.25) is 4.79 Å². The summed E-state index contributed by atoms with van der Waals surface area (Å²) < 4.78 is 0. The Kier molecular flexibility index (Phi) is 3.49. The monoisotopic (exact) mass is 241 g/mol. The van der Waals surface area contributed by atoms with E-state index in [4.69, 9.17) is 5.26 Å². The lowest BCUT2D eigenvalue weighted by Gasteiger charge is -2.09. The van der Waals surface area contributed by atoms with Crippen molar-refractivity contribution in [2.45, 2.75) is 19.3 Å². The number of carbonyl (C=O) groups is 1. The summed E-state index contributed by atoms with van der Waals surface area (Å²) in [4.78, 5) is 11.5. The lowest BCUT2D eigenvalue weighted by atomic mass is 10.0. The van der Waals surface area contributed by atoms with E-state index in [0.29, 0.717) is 30.5 Å². The first-order chi connectivity index (χ1) is 8.70. The number of aliphatic hydroxyl groups excluding tert-OH is 1. The van der Waals surface area contributed by atoms with Gasteiger partial charge in [0, 0.05) is 12.8 Å². The zero-order valence-electron chi connectivity index (χ0n) is 9.63. The van der Waals surface area contributed by atoms with Gasteiger partial charge in [0.05, 0.1) is 17.3 Å². The number of Topliss-reactive ketones (excluding diaryl/α,β-unsaturated/α-hetero) is 1. The predicted molar refractivity (Wildman–Crippen MR) is 64.2 cm³/mol. The van der Waals surface area contributed by atoms with Crippen molar-refractivity contribution in [1.29, 1.82) is 5.26 Å². The Morgan fingerprint density at radius 3 is 2.50 bits per heavy atom. The molecular weight excluding hydrogens is 230 g/mol. The first-order valence-electron chi connectivity index (χ1n) is 5.58. The quantitative estimate of drug-likeness (QED) is 0.807. The third kappa shape index (κ3) is 2.61. The van der Waals surface area contributed by atoms with E-state index in [2.05, 4.69) is 10.2 Å². The third-order valence-corrected chi connectivity index (χ3v) is 2.62. The summed E-state index contributed by atoms with van der Waals surface area (Å²) in [5.74, 6) is -0.181. The lowest BCUT2D eigenvalue weighted by molar-refractivity contribution is -0.116. The van der Waals surface area contributed by atoms with Crippen LogP contribution in [0.4, 0.5) is 5.69 Å². The molecule has 0 spiro atoms. The Balaban J connectivity index is 2.20. The number of ketones is 1. The molecule has 5 heteroatoms. The molecule has 1 aromatic rings. The van der Waals surface area contributed by atoms with Crippen LogP contribution in [0.2, 0.25) is 0 Å². The second kappa shape index (κ2) is 5.23. The van der Waals surface area contributed by atoms with Crippen LogP contribution in [0.3, 0.4) is 0 Å². The number of nitriles is 1. The highest BCUT2D eigenvalue weighted by Gasteiger charge is 2.19. The van der Waals surface area contributed by atoms with Crippen LogP contribution in [-0.4, -0.2) is 10.9 Å². The Morgan fingerprint density at radius 2 is 1.89 bits per heavy atom. The summed E-state index contributed by atoms with van der Waals surface area (Å²) in [6.45, 7) is 0. The van der Waals surface area contributed by atoms with Crippen LogP contribution >= 0.6 is 0 Å². The minimum Gasteiger partial charge on any atom is -0.510 e. The molecule has 0 atom stereocenters. The highest BCUT2D eigenvalue weighted by atomic mass is 16.3. The molecule has 0 saturated carbocycles. The summed E-state index contributed by atoms with van der Waals surface area (Å²) in [6.07, 6.45) is 1.51. The van der Waals surface area contributed by atoms with Crippen molar-refractivity contribution < 1.29 is 9.90 Å². The molecule has 0 saturated heterocycles. The largest absolute Gasteiger partial charge is 0.510 e. The maximum absolute atomic E-state index is 11.5. The van der Waals surface area contributed by atoms with Gasteiger partial charge in [0.25, 0.3) is 0 Å². The van der Waals surface area contributed by atoms with Crippen LogP contribution in [0.25, 0.3) is 0 Å². The fraction of sp³-hybridized carbons (Fsp3) is 0.231. The normalized spacial score (nSPS) is 16.1. The van der Waals surface area contributed by atoms with Gasteiger partial charge >= 0.3 is 0 Å². The molecule has 1 aliphatic rings. The molecule has 1 aromatic carbocycles. The molecule has 0 radical (unpaired) electrons. The van der Waals surface area contributed by atoms with E-state index in [1.54, 1.807) is 24.3 Å². The maximum Gasteiger partial charge on any atom is 0.186 e. The second-order valence-electron chi connectivity index (χ2n) is 3.93. The Labute approximate surface area is 104 Å². The van der Waals surface area contributed by atoms with E-state index in [1.807, 2.05) is 6.07 Å². The minimum atomic E-state index is -0.184. The highest BCUT2D eigenvalue weighted by Crippen LogP contribution is 2.23. The van der Waals surface area contributed by atoms with E-state index in [0.717, 1.165) is 0 Å². The average molecular weight is 241 g/mol. The Hall–Kier alpha value is -2.48. The fourth-order valence-electron chi connectivity index (χ4n) is 1.64. The molecule has 1 N–H and O–H groups in total. The molecule has 90 valence electrons. The molecule has 1 aliphatic carbocycles. The van der Waals surface area contributed by atoms with Crippen LogP contribution < -0.4 is 0 Å². The zero-order valence-corrected chi connectivity index (χ0v) is 9.63. The Morgan fingerprint density at radius 1 is 1.17 bits per heavy atom. The maximum atomic E-state index is 11.5. The van der Waals surface area contributed by atoms with Gasteiger partial charge in [-0.25, -0.2) is 0 Å². The lowest BCUT2D eigenvalue weighted by Crippen LogP contribution is -2.09. The van der Waals surface area contributed by atoms with Crippen molar-refractivity contribution in [3.63, 3.8) is 0 Å². The van der Waals surface area contributed by atoms with Gasteiger partial charge in [-0.05, 0) is 30.7 Å². The predicted octanol–water partition coefficient (Wildman–Crippen LogP) is 3.16. The summed E-state index contributed by atoms with van der Waals surface area (Å²) in [7, 11) is 0. The van der Waals surface area contributed by atoms with Gasteiger partial charge in [0.2, 0.25) is 0 Å². The smallest absolute Gasteiger partial charge is 0.186 e. The fourth-order valence-corrected chi connectivity index (χ4v) is 1.64. The standard InChI is InChI=1S/C13H11N3O2/c14-8-9-4-6-10(7-5-9)15-16-13-11(17)2-1-3-12(13)18/h4-7,17H,1-3H2. The SMILES string of the molecule is N#Cc1ccc(N=NC2=C(O)CCCC2=O)cc1. The van der Waals surface area contributed by atoms with Crippen molar-refractivity contribution in [3.05, 3.63) is 41.3 Å². The molecule has 0 aromatic heterocycles. The molecule has 0 fully saturated rings. The number of hydrogen-bond acceptors (Lipinski definition) is 5. The molecule has 0 heterocycles. The molecular formula is C13H11N3O2. The summed E-state index contributed by atoms with van der Waals surface area (Å²) in [5.41, 5.74) is 1.11. The highest BCUT2D eigenvalue weighted by molar-refractivity contribution is 5.96. The number of rotatable bonds is 2. The van der Waals surface area contributed by atoms with Crippen LogP contribution in [0, 0.1) is 11.3 Å². The van der Waals surface area contributed by atoms with Crippen LogP contribution in [0.5, 0.6) is 0 Å². The van der Waals surface area contributed by atoms with Gasteiger partial charge in [0.15, 0.2) is 11.5 Å². The molecule has 5 nitrogen and oxygen atoms in total. The summed E-state index contributed by atoms with van der Waals surface area (Å²) in [6, 6.07) is 8.49. The van der Waals surface area contributed by atoms with Crippen molar-refractivity contribution in [1.82, 2.24) is 0 Å². The van der Waals surface area contributed by atoms with E-state index < -0.39 is 0 Å². The van der Waals surface area contributed by atoms with Gasteiger partial charge in [-0.15, -0.1) is 5.11 Å². The molecule has 2 rings (SSSR count). The molecule has 18 heavy (non-hydrogen) atoms. The summed E-state index contributed by atoms with van der Waals surface area (Å²) >= 11 is 0. The first kappa shape index (κ1) is 12.0. The van der Waals surface area contributed by atoms with Gasteiger partial charge in [-0.2, -0.15) is 10.4 Å². The van der Waals surface area contributed by atoms with E-state index >= 15 is 0 Å². The van der Waals surface area contributed by atoms with Crippen LogP contribution in [0.1, 0.15) is 24.8 Å². The van der Waals surface area contributed by atoms with Crippen molar-refractivity contribution >= 4 is 11.5 Å². The van der Waals surface area contributed by atoms with Gasteiger partial charge in [-0.1, -0.05) is 0 Å². The van der Waals surface area contributed by atoms with Crippen molar-refractivity contribution in [2.75, 3.05) is 0 Å². The molecule has 0 aliphatic heterocycles. The second-order valence-corrected chi connectivity index (χ2v) is 3.93. The van der Waals surface area contributed by atoms with Crippen LogP contribution in [0.15, 0.2) is 46.0 Å². The van der Waals surface area contributed by atoms with Gasteiger partial charge in [0.1, 0.15) is 5.76 Å². The third-order valence-electron chi connectivity index (χ3n) is 2.62. The summed E-state index contributed by atoms with van der Waals surface area (Å²) in [5, 5.41) is 25.9. The Bertz CT molecular complexity index is 565. The van der Waals surface area contributed by atoms with Crippen molar-refractivity contribution in [2.24, 2.45) is 10.2 Å². The number of allylic oxidation sites excluding steroid dienone is 2. The minimum absolute atomic E-state index is 0.00338. The van der Waals surface area contributed by atoms with E-state index in [1.165, 1.54) is 0 Å². The first-order valence-corrected chi connectivity index (χ1v) is 5.58. The molecule has 0 unspecified atom stereocenters. The molecule has 0 bridgehead atoms. The number of benzene rings is 1. The van der Waals surface area contributed by atoms with E-state index in [-0.39, 0.29) is 17.2 Å². The number of hydrogen-bond donors (Lipinski definition) is 1. The number of azo groups is 1. The number of carbonyl (C=O) groups excluding carboxylic acids is 1. The van der Waals surface area contributed by atoms with Gasteiger partial charge < -0.3 is 5.11 Å². The number of nitrogens with zero attached hydrogens (tertiary/aromatic N) is 3. The van der Waals surface area contributed by atoms with E-state index in [9.17, 15) is 9.90 Å². The zero-order chi connectivity index (χ0) is 13.0. The van der Waals surface area contributed by atoms with Crippen molar-refractivity contribution in [3.8, 4) is 6.07 Å².